The van der Waals surface area contributed by atoms with Crippen LogP contribution in [0.15, 0.2) is 36.4 Å². The van der Waals surface area contributed by atoms with Crippen LogP contribution < -0.4 is 4.74 Å². The summed E-state index contributed by atoms with van der Waals surface area (Å²) in [4.78, 5) is 0. The fraction of sp³-hybridized carbons (Fsp3) is 0.400. The minimum atomic E-state index is -1.51. The van der Waals surface area contributed by atoms with Crippen molar-refractivity contribution in [1.82, 2.24) is 0 Å². The number of hydrogen-bond donors (Lipinski definition) is 5. The van der Waals surface area contributed by atoms with Crippen molar-refractivity contribution in [3.05, 3.63) is 47.5 Å². The Balaban J connectivity index is 1.93. The number of benzene rings is 2. The molecule has 7 heteroatoms. The van der Waals surface area contributed by atoms with E-state index in [4.69, 9.17) is 9.47 Å². The maximum absolute atomic E-state index is 10.2. The standard InChI is InChI=1S/C20H24O7/c1-10-7-12(8-11(2)16(10)22)13-5-3-4-6-14(13)26-20-19(25)18(24)17(23)15(9-21)27-20/h3-8,15,17-25H,9H2,1-2H3/t15-,17-,18+,19-,20-/m1/s1. The summed E-state index contributed by atoms with van der Waals surface area (Å²) >= 11 is 0. The fourth-order valence-corrected chi connectivity index (χ4v) is 3.21. The van der Waals surface area contributed by atoms with Crippen LogP contribution in [0.3, 0.4) is 0 Å². The monoisotopic (exact) mass is 376 g/mol. The van der Waals surface area contributed by atoms with Crippen LogP contribution in [0.2, 0.25) is 0 Å². The molecule has 0 radical (unpaired) electrons. The van der Waals surface area contributed by atoms with Crippen LogP contribution in [0, 0.1) is 13.8 Å². The molecule has 1 fully saturated rings. The Morgan fingerprint density at radius 1 is 0.963 bits per heavy atom. The molecule has 0 spiro atoms. The van der Waals surface area contributed by atoms with Gasteiger partial charge >= 0.3 is 0 Å². The Bertz CT molecular complexity index is 782. The van der Waals surface area contributed by atoms with Crippen LogP contribution in [-0.4, -0.2) is 62.8 Å². The molecule has 1 aliphatic heterocycles. The number of aromatic hydroxyl groups is 1. The number of ether oxygens (including phenoxy) is 2. The van der Waals surface area contributed by atoms with Gasteiger partial charge in [0.1, 0.15) is 35.9 Å². The van der Waals surface area contributed by atoms with Crippen LogP contribution in [0.1, 0.15) is 11.1 Å². The van der Waals surface area contributed by atoms with E-state index in [-0.39, 0.29) is 5.75 Å². The normalized spacial score (nSPS) is 28.1. The number of aliphatic hydroxyl groups is 4. The van der Waals surface area contributed by atoms with Crippen LogP contribution in [0.5, 0.6) is 11.5 Å². The Kier molecular flexibility index (Phi) is 5.69. The van der Waals surface area contributed by atoms with Crippen molar-refractivity contribution in [2.75, 3.05) is 6.61 Å². The van der Waals surface area contributed by atoms with Crippen molar-refractivity contribution >= 4 is 0 Å². The Morgan fingerprint density at radius 2 is 1.59 bits per heavy atom. The van der Waals surface area contributed by atoms with Crippen molar-refractivity contribution in [2.45, 2.75) is 44.6 Å². The van der Waals surface area contributed by atoms with Gasteiger partial charge in [-0.3, -0.25) is 0 Å². The minimum absolute atomic E-state index is 0.228. The van der Waals surface area contributed by atoms with Gasteiger partial charge in [-0.15, -0.1) is 0 Å². The van der Waals surface area contributed by atoms with Gasteiger partial charge in [-0.2, -0.15) is 0 Å². The third kappa shape index (κ3) is 3.78. The van der Waals surface area contributed by atoms with Gasteiger partial charge in [0, 0.05) is 5.56 Å². The highest BCUT2D eigenvalue weighted by Crippen LogP contribution is 2.36. The summed E-state index contributed by atoms with van der Waals surface area (Å²) in [6, 6.07) is 10.7. The Hall–Kier alpha value is -2.16. The molecule has 5 N–H and O–H groups in total. The van der Waals surface area contributed by atoms with E-state index in [0.29, 0.717) is 22.4 Å². The number of aryl methyl sites for hydroxylation is 2. The lowest BCUT2D eigenvalue weighted by atomic mass is 9.98. The summed E-state index contributed by atoms with van der Waals surface area (Å²) in [5.74, 6) is 0.623. The topological polar surface area (TPSA) is 120 Å². The Labute approximate surface area is 157 Å². The number of para-hydroxylation sites is 1. The van der Waals surface area contributed by atoms with Crippen molar-refractivity contribution in [3.63, 3.8) is 0 Å². The first-order valence-corrected chi connectivity index (χ1v) is 8.70. The van der Waals surface area contributed by atoms with E-state index in [1.54, 1.807) is 26.0 Å². The average molecular weight is 376 g/mol. The van der Waals surface area contributed by atoms with E-state index in [0.717, 1.165) is 5.56 Å². The molecule has 0 aliphatic carbocycles. The van der Waals surface area contributed by atoms with Gasteiger partial charge in [0.15, 0.2) is 0 Å². The second-order valence-electron chi connectivity index (χ2n) is 6.77. The molecule has 146 valence electrons. The van der Waals surface area contributed by atoms with Gasteiger partial charge in [0.05, 0.1) is 6.61 Å². The molecule has 1 heterocycles. The molecule has 0 unspecified atom stereocenters. The zero-order valence-electron chi connectivity index (χ0n) is 15.1. The fourth-order valence-electron chi connectivity index (χ4n) is 3.21. The van der Waals surface area contributed by atoms with Crippen molar-refractivity contribution in [3.8, 4) is 22.6 Å². The summed E-state index contributed by atoms with van der Waals surface area (Å²) in [5, 5.41) is 49.3. The van der Waals surface area contributed by atoms with Gasteiger partial charge in [-0.25, -0.2) is 0 Å². The minimum Gasteiger partial charge on any atom is -0.507 e. The zero-order chi connectivity index (χ0) is 19.7. The van der Waals surface area contributed by atoms with Crippen molar-refractivity contribution < 1.29 is 35.0 Å². The SMILES string of the molecule is Cc1cc(-c2ccccc2O[C@@H]2O[C@H](CO)[C@@H](O)[C@H](O)[C@H]2O)cc(C)c1O. The van der Waals surface area contributed by atoms with Gasteiger partial charge < -0.3 is 35.0 Å². The number of aliphatic hydroxyl groups excluding tert-OH is 4. The molecule has 0 bridgehead atoms. The van der Waals surface area contributed by atoms with E-state index in [9.17, 15) is 25.5 Å². The highest BCUT2D eigenvalue weighted by Gasteiger charge is 2.44. The predicted molar refractivity (Wildman–Crippen MR) is 97.4 cm³/mol. The first kappa shape index (κ1) is 19.6. The van der Waals surface area contributed by atoms with Crippen LogP contribution in [0.4, 0.5) is 0 Å². The number of phenolic OH excluding ortho intramolecular Hbond substituents is 1. The molecule has 0 saturated carbocycles. The summed E-state index contributed by atoms with van der Waals surface area (Å²) in [7, 11) is 0. The molecule has 0 aromatic heterocycles. The first-order chi connectivity index (χ1) is 12.8. The lowest BCUT2D eigenvalue weighted by molar-refractivity contribution is -0.277. The molecular formula is C20H24O7. The second kappa shape index (κ2) is 7.84. The third-order valence-electron chi connectivity index (χ3n) is 4.78. The maximum Gasteiger partial charge on any atom is 0.229 e. The van der Waals surface area contributed by atoms with E-state index >= 15 is 0 Å². The molecular weight excluding hydrogens is 352 g/mol. The van der Waals surface area contributed by atoms with Crippen LogP contribution in [-0.2, 0) is 4.74 Å². The summed E-state index contributed by atoms with van der Waals surface area (Å²) < 4.78 is 11.2. The first-order valence-electron chi connectivity index (χ1n) is 8.70. The molecule has 7 nitrogen and oxygen atoms in total. The molecule has 5 atom stereocenters. The number of hydrogen-bond acceptors (Lipinski definition) is 7. The molecule has 2 aromatic carbocycles. The van der Waals surface area contributed by atoms with Gasteiger partial charge in [0.25, 0.3) is 0 Å². The van der Waals surface area contributed by atoms with Gasteiger partial charge in [0.2, 0.25) is 6.29 Å². The van der Waals surface area contributed by atoms with E-state index < -0.39 is 37.3 Å². The maximum atomic E-state index is 10.2. The highest BCUT2D eigenvalue weighted by molar-refractivity contribution is 5.72. The van der Waals surface area contributed by atoms with Crippen molar-refractivity contribution in [2.24, 2.45) is 0 Å². The molecule has 2 aromatic rings. The molecule has 1 saturated heterocycles. The number of rotatable bonds is 4. The predicted octanol–water partition coefficient (Wildman–Crippen LogP) is 0.855. The van der Waals surface area contributed by atoms with Gasteiger partial charge in [-0.05, 0) is 48.7 Å². The van der Waals surface area contributed by atoms with Crippen LogP contribution >= 0.6 is 0 Å². The summed E-state index contributed by atoms with van der Waals surface area (Å²) in [5.41, 5.74) is 2.95. The second-order valence-corrected chi connectivity index (χ2v) is 6.77. The molecule has 3 rings (SSSR count). The molecule has 1 aliphatic rings. The average Bonchev–Trinajstić information content (AvgIpc) is 2.66. The van der Waals surface area contributed by atoms with E-state index in [2.05, 4.69) is 0 Å². The lowest BCUT2D eigenvalue weighted by Crippen LogP contribution is -2.60. The smallest absolute Gasteiger partial charge is 0.229 e. The highest BCUT2D eigenvalue weighted by atomic mass is 16.7. The zero-order valence-corrected chi connectivity index (χ0v) is 15.1. The Morgan fingerprint density at radius 3 is 2.22 bits per heavy atom. The van der Waals surface area contributed by atoms with Gasteiger partial charge in [-0.1, -0.05) is 18.2 Å². The summed E-state index contributed by atoms with van der Waals surface area (Å²) in [6.45, 7) is 3.07. The summed E-state index contributed by atoms with van der Waals surface area (Å²) in [6.07, 6.45) is -6.74. The molecule has 27 heavy (non-hydrogen) atoms. The largest absolute Gasteiger partial charge is 0.507 e. The lowest BCUT2D eigenvalue weighted by Gasteiger charge is -2.39. The third-order valence-corrected chi connectivity index (χ3v) is 4.78. The van der Waals surface area contributed by atoms with E-state index in [1.165, 1.54) is 0 Å². The quantitative estimate of drug-likeness (QED) is 0.537. The number of phenols is 1. The van der Waals surface area contributed by atoms with Crippen LogP contribution in [0.25, 0.3) is 11.1 Å². The molecule has 0 amide bonds. The van der Waals surface area contributed by atoms with E-state index in [1.807, 2.05) is 24.3 Å². The van der Waals surface area contributed by atoms with Crippen molar-refractivity contribution in [1.29, 1.82) is 0 Å².